The van der Waals surface area contributed by atoms with E-state index in [2.05, 4.69) is 0 Å². The molecule has 0 rings (SSSR count). The van der Waals surface area contributed by atoms with Crippen LogP contribution in [-0.4, -0.2) is 0 Å². The monoisotopic (exact) mass is 296 g/mol. The fourth-order valence-corrected chi connectivity index (χ4v) is 0. The molecule has 0 aliphatic heterocycles. The van der Waals surface area contributed by atoms with Crippen molar-refractivity contribution in [3.8, 4) is 0 Å². The van der Waals surface area contributed by atoms with Gasteiger partial charge in [-0.2, -0.15) is 0 Å². The third-order valence-corrected chi connectivity index (χ3v) is 0. The molecule has 0 saturated heterocycles. The van der Waals surface area contributed by atoms with Crippen LogP contribution in [0.4, 0.5) is 0 Å². The van der Waals surface area contributed by atoms with E-state index in [4.69, 9.17) is 0 Å². The van der Waals surface area contributed by atoms with Crippen LogP contribution in [0.3, 0.4) is 0 Å². The van der Waals surface area contributed by atoms with Gasteiger partial charge in [-0.1, -0.05) is 0 Å². The van der Waals surface area contributed by atoms with Crippen LogP contribution in [0.25, 0.3) is 0 Å². The maximum Gasteiger partial charge on any atom is 3.00 e. The van der Waals surface area contributed by atoms with Gasteiger partial charge in [0.05, 0.1) is 0 Å². The summed E-state index contributed by atoms with van der Waals surface area (Å²) >= 11 is 0. The molecule has 0 amide bonds. The molecule has 2 radical (unpaired) electrons. The quantitative estimate of drug-likeness (QED) is 0.551. The molecule has 7 heteroatoms. The SMILES string of the molecule is [Fe+2].[Fe+3].[Fe+3].[S-2].[S-2].[S-2].[S-2]. The minimum absolute atomic E-state index is 0. The molecule has 0 aliphatic rings. The van der Waals surface area contributed by atoms with Gasteiger partial charge < -0.3 is 54.0 Å². The first-order chi connectivity index (χ1) is 0. The van der Waals surface area contributed by atoms with Crippen molar-refractivity contribution < 1.29 is 51.2 Å². The van der Waals surface area contributed by atoms with Crippen molar-refractivity contribution >= 4 is 54.0 Å². The normalized spacial score (nSPS) is 0. The zero-order valence-electron chi connectivity index (χ0n) is 2.69. The second kappa shape index (κ2) is 64.8. The van der Waals surface area contributed by atoms with E-state index in [-0.39, 0.29) is 105 Å². The maximum absolute atomic E-state index is 0. The van der Waals surface area contributed by atoms with Crippen molar-refractivity contribution in [2.75, 3.05) is 0 Å². The minimum Gasteiger partial charge on any atom is -2.00 e. The molecule has 0 spiro atoms. The van der Waals surface area contributed by atoms with Crippen LogP contribution in [0.1, 0.15) is 0 Å². The molecular formula is Fe3S4. The first-order valence-electron chi connectivity index (χ1n) is 0. The van der Waals surface area contributed by atoms with Crippen LogP contribution in [0.2, 0.25) is 0 Å². The summed E-state index contributed by atoms with van der Waals surface area (Å²) in [6, 6.07) is 0. The van der Waals surface area contributed by atoms with Crippen molar-refractivity contribution in [2.24, 2.45) is 0 Å². The van der Waals surface area contributed by atoms with Crippen LogP contribution in [0, 0.1) is 0 Å². The molecule has 0 aromatic heterocycles. The standard InChI is InChI=1S/3Fe.4S/q+2;2*+3;4*-2. The molecule has 0 aromatic rings. The summed E-state index contributed by atoms with van der Waals surface area (Å²) in [5.74, 6) is 0. The summed E-state index contributed by atoms with van der Waals surface area (Å²) in [4.78, 5) is 0. The topological polar surface area (TPSA) is 0 Å². The summed E-state index contributed by atoms with van der Waals surface area (Å²) in [5.41, 5.74) is 0. The smallest absolute Gasteiger partial charge is 2.00 e. The van der Waals surface area contributed by atoms with Crippen LogP contribution >= 0.6 is 0 Å². The molecule has 0 N–H and O–H groups in total. The Morgan fingerprint density at radius 1 is 0.429 bits per heavy atom. The molecule has 48 valence electrons. The van der Waals surface area contributed by atoms with E-state index in [0.717, 1.165) is 0 Å². The fraction of sp³-hybridized carbons (Fsp3) is 0. The first-order valence-corrected chi connectivity index (χ1v) is 0. The Kier molecular flexibility index (Phi) is 846. The van der Waals surface area contributed by atoms with Crippen molar-refractivity contribution in [3.63, 3.8) is 0 Å². The Bertz CT molecular complexity index is 6.90. The summed E-state index contributed by atoms with van der Waals surface area (Å²) in [6.45, 7) is 0. The van der Waals surface area contributed by atoms with Crippen molar-refractivity contribution in [3.05, 3.63) is 0 Å². The molecule has 7 heavy (non-hydrogen) atoms. The molecule has 0 aliphatic carbocycles. The van der Waals surface area contributed by atoms with E-state index in [0.29, 0.717) is 0 Å². The Morgan fingerprint density at radius 3 is 0.429 bits per heavy atom. The molecule has 0 bridgehead atoms. The third kappa shape index (κ3) is 49.6. The minimum atomic E-state index is 0. The van der Waals surface area contributed by atoms with Crippen LogP contribution < -0.4 is 0 Å². The van der Waals surface area contributed by atoms with E-state index in [1.807, 2.05) is 0 Å². The zero-order chi connectivity index (χ0) is 0. The predicted molar refractivity (Wildman–Crippen MR) is 29.5 cm³/mol. The van der Waals surface area contributed by atoms with E-state index in [1.54, 1.807) is 0 Å². The van der Waals surface area contributed by atoms with Crippen LogP contribution in [0.15, 0.2) is 0 Å². The van der Waals surface area contributed by atoms with Crippen molar-refractivity contribution in [1.29, 1.82) is 0 Å². The third-order valence-electron chi connectivity index (χ3n) is 0. The van der Waals surface area contributed by atoms with Gasteiger partial charge in [0.25, 0.3) is 0 Å². The van der Waals surface area contributed by atoms with E-state index >= 15 is 0 Å². The molecule has 0 fully saturated rings. The van der Waals surface area contributed by atoms with Gasteiger partial charge >= 0.3 is 51.2 Å². The van der Waals surface area contributed by atoms with Crippen LogP contribution in [-0.2, 0) is 105 Å². The molecule has 0 saturated carbocycles. The fourth-order valence-electron chi connectivity index (χ4n) is 0. The molecular weight excluding hydrogens is 296 g/mol. The van der Waals surface area contributed by atoms with Gasteiger partial charge in [0.2, 0.25) is 0 Å². The largest absolute Gasteiger partial charge is 3.00 e. The van der Waals surface area contributed by atoms with Gasteiger partial charge in [0, 0.05) is 0 Å². The number of rotatable bonds is 0. The average molecular weight is 296 g/mol. The van der Waals surface area contributed by atoms with E-state index < -0.39 is 0 Å². The maximum atomic E-state index is 0. The van der Waals surface area contributed by atoms with Crippen molar-refractivity contribution in [1.82, 2.24) is 0 Å². The Balaban J connectivity index is 0. The second-order valence-electron chi connectivity index (χ2n) is 0. The molecule has 0 unspecified atom stereocenters. The summed E-state index contributed by atoms with van der Waals surface area (Å²) in [5, 5.41) is 0. The Labute approximate surface area is 104 Å². The van der Waals surface area contributed by atoms with E-state index in [9.17, 15) is 0 Å². The summed E-state index contributed by atoms with van der Waals surface area (Å²) in [7, 11) is 0. The van der Waals surface area contributed by atoms with Crippen LogP contribution in [0.5, 0.6) is 0 Å². The molecule has 0 aromatic carbocycles. The zero-order valence-corrected chi connectivity index (χ0v) is 9.27. The van der Waals surface area contributed by atoms with Gasteiger partial charge in [-0.15, -0.1) is 0 Å². The van der Waals surface area contributed by atoms with Gasteiger partial charge in [0.1, 0.15) is 0 Å². The first kappa shape index (κ1) is 91.3. The predicted octanol–water partition coefficient (Wildman–Crippen LogP) is -0.0171. The molecule has 0 heterocycles. The average Bonchev–Trinajstić information content (AvgIpc) is 0. The molecule has 0 nitrogen and oxygen atoms in total. The number of hydrogen-bond donors (Lipinski definition) is 0. The summed E-state index contributed by atoms with van der Waals surface area (Å²) < 4.78 is 0. The Hall–Kier alpha value is 2.96. The van der Waals surface area contributed by atoms with Gasteiger partial charge in [-0.25, -0.2) is 0 Å². The van der Waals surface area contributed by atoms with Gasteiger partial charge in [-0.3, -0.25) is 0 Å². The second-order valence-corrected chi connectivity index (χ2v) is 0. The Morgan fingerprint density at radius 2 is 0.429 bits per heavy atom. The summed E-state index contributed by atoms with van der Waals surface area (Å²) in [6.07, 6.45) is 0. The number of hydrogen-bond acceptors (Lipinski definition) is 0. The van der Waals surface area contributed by atoms with E-state index in [1.165, 1.54) is 0 Å². The van der Waals surface area contributed by atoms with Gasteiger partial charge in [0.15, 0.2) is 0 Å². The van der Waals surface area contributed by atoms with Gasteiger partial charge in [-0.05, 0) is 0 Å². The molecule has 0 atom stereocenters. The van der Waals surface area contributed by atoms with Crippen molar-refractivity contribution in [2.45, 2.75) is 0 Å².